The summed E-state index contributed by atoms with van der Waals surface area (Å²) < 4.78 is 56.4. The molecular formula is C24H32F2N2O9. The van der Waals surface area contributed by atoms with E-state index in [1.54, 1.807) is 18.5 Å². The smallest absolute Gasteiger partial charge is 0.494 e. The first-order chi connectivity index (χ1) is 17.5. The topological polar surface area (TPSA) is 142 Å². The fourth-order valence-corrected chi connectivity index (χ4v) is 3.95. The van der Waals surface area contributed by atoms with Crippen molar-refractivity contribution < 1.29 is 52.6 Å². The van der Waals surface area contributed by atoms with E-state index >= 15 is 0 Å². The molecule has 2 heterocycles. The van der Waals surface area contributed by atoms with Gasteiger partial charge in [0.15, 0.2) is 11.6 Å². The minimum Gasteiger partial charge on any atom is -0.494 e. The third-order valence-electron chi connectivity index (χ3n) is 5.94. The number of halogens is 2. The Hall–Kier alpha value is -3.00. The van der Waals surface area contributed by atoms with Gasteiger partial charge in [0.05, 0.1) is 13.7 Å². The van der Waals surface area contributed by atoms with Crippen molar-refractivity contribution in [1.82, 2.24) is 9.78 Å². The van der Waals surface area contributed by atoms with Crippen molar-refractivity contribution >= 4 is 6.16 Å². The SMILES string of the molecule is CCOC(=O)OC[C@H]1O[C@@H](Oc2nn(C(C)C)c(C)c2Cc2cc(F)c(OC)cc2F)[C@H](O)[C@@H](O)[C@@H]1O. The number of rotatable bonds is 9. The highest BCUT2D eigenvalue weighted by atomic mass is 19.1. The Morgan fingerprint density at radius 3 is 2.46 bits per heavy atom. The maximum atomic E-state index is 14.7. The molecule has 0 aliphatic carbocycles. The van der Waals surface area contributed by atoms with Crippen LogP contribution in [0.5, 0.6) is 11.6 Å². The van der Waals surface area contributed by atoms with Gasteiger partial charge in [-0.25, -0.2) is 13.6 Å². The molecule has 0 unspecified atom stereocenters. The average Bonchev–Trinajstić information content (AvgIpc) is 3.15. The molecule has 5 atom stereocenters. The molecule has 0 spiro atoms. The summed E-state index contributed by atoms with van der Waals surface area (Å²) in [6.45, 7) is 6.59. The largest absolute Gasteiger partial charge is 0.508 e. The molecule has 1 saturated heterocycles. The van der Waals surface area contributed by atoms with E-state index in [0.29, 0.717) is 11.3 Å². The van der Waals surface area contributed by atoms with Gasteiger partial charge in [-0.05, 0) is 39.3 Å². The van der Waals surface area contributed by atoms with Gasteiger partial charge < -0.3 is 39.0 Å². The molecule has 1 aliphatic rings. The minimum atomic E-state index is -1.71. The Kier molecular flexibility index (Phi) is 9.29. The molecule has 1 fully saturated rings. The van der Waals surface area contributed by atoms with Crippen LogP contribution in [-0.4, -0.2) is 82.3 Å². The molecule has 1 aromatic carbocycles. The highest BCUT2D eigenvalue weighted by molar-refractivity contribution is 5.59. The maximum absolute atomic E-state index is 14.7. The summed E-state index contributed by atoms with van der Waals surface area (Å²) in [5, 5.41) is 35.5. The summed E-state index contributed by atoms with van der Waals surface area (Å²) in [6.07, 6.45) is -8.95. The summed E-state index contributed by atoms with van der Waals surface area (Å²) in [5.74, 6) is -1.75. The van der Waals surface area contributed by atoms with Crippen molar-refractivity contribution in [1.29, 1.82) is 0 Å². The Morgan fingerprint density at radius 2 is 1.84 bits per heavy atom. The summed E-state index contributed by atoms with van der Waals surface area (Å²) in [5.41, 5.74) is 0.984. The Labute approximate surface area is 212 Å². The Morgan fingerprint density at radius 1 is 1.14 bits per heavy atom. The Bertz CT molecular complexity index is 1090. The van der Waals surface area contributed by atoms with Crippen molar-refractivity contribution in [3.8, 4) is 11.6 Å². The summed E-state index contributed by atoms with van der Waals surface area (Å²) >= 11 is 0. The van der Waals surface area contributed by atoms with E-state index in [4.69, 9.17) is 18.9 Å². The second kappa shape index (κ2) is 12.0. The summed E-state index contributed by atoms with van der Waals surface area (Å²) in [4.78, 5) is 11.5. The van der Waals surface area contributed by atoms with E-state index in [2.05, 4.69) is 9.84 Å². The predicted octanol–water partition coefficient (Wildman–Crippen LogP) is 2.01. The lowest BCUT2D eigenvalue weighted by Gasteiger charge is -2.39. The van der Waals surface area contributed by atoms with Crippen LogP contribution in [0.4, 0.5) is 13.6 Å². The second-order valence-electron chi connectivity index (χ2n) is 8.79. The Balaban J connectivity index is 1.89. The van der Waals surface area contributed by atoms with Crippen LogP contribution in [0.2, 0.25) is 0 Å². The van der Waals surface area contributed by atoms with Gasteiger partial charge in [0.25, 0.3) is 0 Å². The molecule has 0 saturated carbocycles. The number of hydrogen-bond donors (Lipinski definition) is 3. The molecule has 3 N–H and O–H groups in total. The first kappa shape index (κ1) is 28.6. The van der Waals surface area contributed by atoms with Crippen molar-refractivity contribution in [2.75, 3.05) is 20.3 Å². The number of carbonyl (C=O) groups is 1. The third-order valence-corrected chi connectivity index (χ3v) is 5.94. The van der Waals surface area contributed by atoms with Gasteiger partial charge in [0, 0.05) is 29.8 Å². The van der Waals surface area contributed by atoms with Crippen molar-refractivity contribution in [2.24, 2.45) is 0 Å². The maximum Gasteiger partial charge on any atom is 0.508 e. The first-order valence-electron chi connectivity index (χ1n) is 11.7. The van der Waals surface area contributed by atoms with Crippen LogP contribution in [0.15, 0.2) is 12.1 Å². The van der Waals surface area contributed by atoms with Gasteiger partial charge in [-0.1, -0.05) is 0 Å². The predicted molar refractivity (Wildman–Crippen MR) is 123 cm³/mol. The molecule has 2 aromatic rings. The van der Waals surface area contributed by atoms with Crippen LogP contribution in [0.25, 0.3) is 0 Å². The number of aliphatic hydroxyl groups excluding tert-OH is 3. The molecule has 3 rings (SSSR count). The van der Waals surface area contributed by atoms with Crippen LogP contribution < -0.4 is 9.47 Å². The van der Waals surface area contributed by atoms with Gasteiger partial charge in [-0.15, -0.1) is 5.10 Å². The first-order valence-corrected chi connectivity index (χ1v) is 11.7. The van der Waals surface area contributed by atoms with Crippen LogP contribution in [0.3, 0.4) is 0 Å². The number of methoxy groups -OCH3 is 1. The monoisotopic (exact) mass is 530 g/mol. The number of hydrogen-bond acceptors (Lipinski definition) is 10. The number of aromatic nitrogens is 2. The van der Waals surface area contributed by atoms with Crippen LogP contribution in [-0.2, 0) is 20.6 Å². The van der Waals surface area contributed by atoms with E-state index in [0.717, 1.165) is 12.1 Å². The van der Waals surface area contributed by atoms with E-state index in [1.807, 2.05) is 13.8 Å². The van der Waals surface area contributed by atoms with Crippen molar-refractivity contribution in [3.05, 3.63) is 40.6 Å². The number of carbonyl (C=O) groups excluding carboxylic acids is 1. The fraction of sp³-hybridized carbons (Fsp3) is 0.583. The zero-order valence-electron chi connectivity index (χ0n) is 21.2. The lowest BCUT2D eigenvalue weighted by molar-refractivity contribution is -0.278. The van der Waals surface area contributed by atoms with Crippen molar-refractivity contribution in [2.45, 2.75) is 70.9 Å². The van der Waals surface area contributed by atoms with Gasteiger partial charge in [0.1, 0.15) is 36.8 Å². The van der Waals surface area contributed by atoms with E-state index in [9.17, 15) is 28.9 Å². The minimum absolute atomic E-state index is 0.0100. The molecule has 206 valence electrons. The normalized spacial score (nSPS) is 23.7. The van der Waals surface area contributed by atoms with Crippen LogP contribution in [0, 0.1) is 18.6 Å². The molecular weight excluding hydrogens is 498 g/mol. The molecule has 1 aromatic heterocycles. The number of aliphatic hydroxyl groups is 3. The van der Waals surface area contributed by atoms with Gasteiger partial charge in [-0.2, -0.15) is 0 Å². The number of nitrogens with zero attached hydrogens (tertiary/aromatic N) is 2. The zero-order valence-corrected chi connectivity index (χ0v) is 21.2. The van der Waals surface area contributed by atoms with E-state index in [-0.39, 0.29) is 36.3 Å². The molecule has 0 amide bonds. The van der Waals surface area contributed by atoms with Gasteiger partial charge in [0.2, 0.25) is 12.2 Å². The summed E-state index contributed by atoms with van der Waals surface area (Å²) in [7, 11) is 1.23. The fourth-order valence-electron chi connectivity index (χ4n) is 3.95. The number of ether oxygens (including phenoxy) is 5. The van der Waals surface area contributed by atoms with Gasteiger partial charge >= 0.3 is 6.16 Å². The molecule has 13 heteroatoms. The van der Waals surface area contributed by atoms with Crippen LogP contribution >= 0.6 is 0 Å². The molecule has 1 aliphatic heterocycles. The molecule has 0 radical (unpaired) electrons. The molecule has 11 nitrogen and oxygen atoms in total. The second-order valence-corrected chi connectivity index (χ2v) is 8.79. The highest BCUT2D eigenvalue weighted by Gasteiger charge is 2.46. The molecule has 37 heavy (non-hydrogen) atoms. The number of benzene rings is 1. The third kappa shape index (κ3) is 6.29. The summed E-state index contributed by atoms with van der Waals surface area (Å²) in [6, 6.07) is 1.82. The quantitative estimate of drug-likeness (QED) is 0.412. The molecule has 0 bridgehead atoms. The van der Waals surface area contributed by atoms with Gasteiger partial charge in [-0.3, -0.25) is 4.68 Å². The highest BCUT2D eigenvalue weighted by Crippen LogP contribution is 2.32. The standard InChI is InChI=1S/C24H32F2N2O9/c1-6-34-24(32)35-10-18-19(29)20(30)21(31)23(36-18)37-22-14(12(4)28(27-22)11(2)3)7-13-8-16(26)17(33-5)9-15(13)25/h8-9,11,18-21,23,29-31H,6-7,10H2,1-5H3/t18-,19-,20+,21-,23+/m1/s1. The van der Waals surface area contributed by atoms with Crippen LogP contribution in [0.1, 0.15) is 43.6 Å². The van der Waals surface area contributed by atoms with E-state index in [1.165, 1.54) is 7.11 Å². The zero-order chi connectivity index (χ0) is 27.4. The lowest BCUT2D eigenvalue weighted by Crippen LogP contribution is -2.60. The van der Waals surface area contributed by atoms with Crippen molar-refractivity contribution in [3.63, 3.8) is 0 Å². The lowest BCUT2D eigenvalue weighted by atomic mass is 9.99. The average molecular weight is 531 g/mol. The van der Waals surface area contributed by atoms with E-state index < -0.39 is 55.1 Å².